The van der Waals surface area contributed by atoms with E-state index < -0.39 is 0 Å². The molecule has 4 aromatic rings. The van der Waals surface area contributed by atoms with Gasteiger partial charge in [-0.2, -0.15) is 0 Å². The Morgan fingerprint density at radius 3 is 2.60 bits per heavy atom. The fourth-order valence-electron chi connectivity index (χ4n) is 4.89. The summed E-state index contributed by atoms with van der Waals surface area (Å²) in [6.07, 6.45) is 5.89. The Kier molecular flexibility index (Phi) is 5.39. The van der Waals surface area contributed by atoms with E-state index in [0.717, 1.165) is 23.2 Å². The molecule has 174 valence electrons. The highest BCUT2D eigenvalue weighted by Crippen LogP contribution is 2.38. The number of imidazole rings is 1. The molecule has 3 aromatic carbocycles. The topological polar surface area (TPSA) is 76.5 Å². The minimum Gasteiger partial charge on any atom is -0.378 e. The van der Waals surface area contributed by atoms with Gasteiger partial charge in [0.1, 0.15) is 0 Å². The number of morpholine rings is 1. The lowest BCUT2D eigenvalue weighted by Crippen LogP contribution is -2.40. The first-order valence-corrected chi connectivity index (χ1v) is 11.7. The van der Waals surface area contributed by atoms with Crippen LogP contribution in [0, 0.1) is 0 Å². The first-order chi connectivity index (χ1) is 17.2. The van der Waals surface area contributed by atoms with Crippen molar-refractivity contribution in [3.05, 3.63) is 102 Å². The Balaban J connectivity index is 1.34. The minimum absolute atomic E-state index is 0.0817. The van der Waals surface area contributed by atoms with Crippen molar-refractivity contribution in [3.63, 3.8) is 0 Å². The molecule has 0 atom stereocenters. The Morgan fingerprint density at radius 2 is 1.77 bits per heavy atom. The fourth-order valence-corrected chi connectivity index (χ4v) is 4.89. The monoisotopic (exact) mass is 464 g/mol. The second-order valence-electron chi connectivity index (χ2n) is 8.76. The lowest BCUT2D eigenvalue weighted by molar-refractivity contribution is 0.0303. The van der Waals surface area contributed by atoms with E-state index >= 15 is 0 Å². The molecule has 6 rings (SSSR count). The number of carbonyl (C=O) groups is 2. The van der Waals surface area contributed by atoms with Crippen LogP contribution in [0.2, 0.25) is 0 Å². The molecular formula is C28H24N4O3. The number of anilines is 1. The molecule has 0 unspecified atom stereocenters. The Morgan fingerprint density at radius 1 is 0.943 bits per heavy atom. The van der Waals surface area contributed by atoms with Gasteiger partial charge < -0.3 is 19.5 Å². The van der Waals surface area contributed by atoms with Crippen LogP contribution >= 0.6 is 0 Å². The summed E-state index contributed by atoms with van der Waals surface area (Å²) in [5.41, 5.74) is 7.01. The van der Waals surface area contributed by atoms with Crippen LogP contribution in [0.3, 0.4) is 0 Å². The number of aromatic nitrogens is 2. The van der Waals surface area contributed by atoms with Crippen LogP contribution in [0.15, 0.2) is 79.4 Å². The Labute approximate surface area is 203 Å². The van der Waals surface area contributed by atoms with Crippen LogP contribution in [0.4, 0.5) is 5.69 Å². The number of benzene rings is 3. The van der Waals surface area contributed by atoms with Gasteiger partial charge in [0, 0.05) is 48.0 Å². The number of hydrogen-bond acceptors (Lipinski definition) is 4. The van der Waals surface area contributed by atoms with E-state index in [1.807, 2.05) is 47.2 Å². The molecule has 7 nitrogen and oxygen atoms in total. The van der Waals surface area contributed by atoms with Crippen molar-refractivity contribution in [1.82, 2.24) is 14.5 Å². The van der Waals surface area contributed by atoms with E-state index in [0.29, 0.717) is 43.1 Å². The number of nitrogens with zero attached hydrogens (tertiary/aromatic N) is 3. The number of nitrogens with one attached hydrogen (secondary N) is 1. The summed E-state index contributed by atoms with van der Waals surface area (Å²) in [4.78, 5) is 32.6. The number of ether oxygens (including phenoxy) is 1. The Hall–Kier alpha value is -4.23. The van der Waals surface area contributed by atoms with Gasteiger partial charge in [0.05, 0.1) is 19.5 Å². The predicted octanol–water partition coefficient (Wildman–Crippen LogP) is 4.17. The highest BCUT2D eigenvalue weighted by atomic mass is 16.5. The van der Waals surface area contributed by atoms with E-state index in [9.17, 15) is 9.59 Å². The third kappa shape index (κ3) is 4.00. The fraction of sp³-hybridized carbons (Fsp3) is 0.179. The van der Waals surface area contributed by atoms with E-state index in [-0.39, 0.29) is 11.8 Å². The zero-order valence-electron chi connectivity index (χ0n) is 19.1. The molecule has 0 spiro atoms. The molecule has 1 aliphatic heterocycles. The highest BCUT2D eigenvalue weighted by molar-refractivity contribution is 6.08. The first-order valence-electron chi connectivity index (χ1n) is 11.7. The van der Waals surface area contributed by atoms with Gasteiger partial charge in [0.25, 0.3) is 11.8 Å². The maximum atomic E-state index is 13.5. The number of hydrogen-bond donors (Lipinski definition) is 1. The van der Waals surface area contributed by atoms with Gasteiger partial charge in [-0.3, -0.25) is 9.59 Å². The molecule has 1 aliphatic carbocycles. The quantitative estimate of drug-likeness (QED) is 0.433. The lowest BCUT2D eigenvalue weighted by Gasteiger charge is -2.27. The maximum Gasteiger partial charge on any atom is 0.255 e. The van der Waals surface area contributed by atoms with Gasteiger partial charge in [-0.15, -0.1) is 0 Å². The SMILES string of the molecule is O=C(Nc1cc(C(=O)N2CCOCC2)cc(-n2ccnc2)c1)c1cccc2c1Cc1ccccc1-2. The van der Waals surface area contributed by atoms with Crippen LogP contribution in [0.5, 0.6) is 0 Å². The van der Waals surface area contributed by atoms with Gasteiger partial charge in [-0.05, 0) is 52.9 Å². The largest absolute Gasteiger partial charge is 0.378 e. The van der Waals surface area contributed by atoms with Crippen molar-refractivity contribution in [1.29, 1.82) is 0 Å². The molecule has 1 N–H and O–H groups in total. The van der Waals surface area contributed by atoms with Crippen molar-refractivity contribution in [2.24, 2.45) is 0 Å². The average Bonchev–Trinajstić information content (AvgIpc) is 3.57. The van der Waals surface area contributed by atoms with Crippen LogP contribution < -0.4 is 5.32 Å². The van der Waals surface area contributed by atoms with Crippen molar-refractivity contribution in [2.75, 3.05) is 31.6 Å². The molecular weight excluding hydrogens is 440 g/mol. The van der Waals surface area contributed by atoms with Gasteiger partial charge in [0.15, 0.2) is 0 Å². The number of fused-ring (bicyclic) bond motifs is 3. The lowest BCUT2D eigenvalue weighted by atomic mass is 10.0. The van der Waals surface area contributed by atoms with Gasteiger partial charge in [-0.1, -0.05) is 36.4 Å². The second-order valence-corrected chi connectivity index (χ2v) is 8.76. The number of amides is 2. The summed E-state index contributed by atoms with van der Waals surface area (Å²) in [7, 11) is 0. The summed E-state index contributed by atoms with van der Waals surface area (Å²) in [5.74, 6) is -0.274. The molecule has 0 radical (unpaired) electrons. The van der Waals surface area contributed by atoms with Crippen molar-refractivity contribution >= 4 is 17.5 Å². The van der Waals surface area contributed by atoms with E-state index in [4.69, 9.17) is 4.74 Å². The standard InChI is InChI=1S/C28H24N4O3/c33-27(25-7-3-6-24-23-5-2-1-4-19(23)16-26(24)25)30-21-14-20(28(34)31-10-12-35-13-11-31)15-22(17-21)32-9-8-29-18-32/h1-9,14-15,17-18H,10-13,16H2,(H,30,33). The van der Waals surface area contributed by atoms with Crippen LogP contribution in [-0.4, -0.2) is 52.6 Å². The van der Waals surface area contributed by atoms with Crippen LogP contribution in [-0.2, 0) is 11.2 Å². The molecule has 2 aliphatic rings. The van der Waals surface area contributed by atoms with Crippen LogP contribution in [0.1, 0.15) is 31.8 Å². The van der Waals surface area contributed by atoms with Gasteiger partial charge >= 0.3 is 0 Å². The van der Waals surface area contributed by atoms with Gasteiger partial charge in [0.2, 0.25) is 0 Å². The molecule has 1 aromatic heterocycles. The summed E-state index contributed by atoms with van der Waals surface area (Å²) < 4.78 is 7.21. The van der Waals surface area contributed by atoms with Crippen molar-refractivity contribution in [3.8, 4) is 16.8 Å². The molecule has 0 bridgehead atoms. The third-order valence-electron chi connectivity index (χ3n) is 6.62. The Bertz CT molecular complexity index is 1420. The summed E-state index contributed by atoms with van der Waals surface area (Å²) >= 11 is 0. The number of rotatable bonds is 4. The summed E-state index contributed by atoms with van der Waals surface area (Å²) in [5, 5.41) is 3.05. The zero-order chi connectivity index (χ0) is 23.8. The molecule has 2 heterocycles. The molecule has 2 amide bonds. The maximum absolute atomic E-state index is 13.5. The van der Waals surface area contributed by atoms with E-state index in [1.54, 1.807) is 23.5 Å². The molecule has 7 heteroatoms. The van der Waals surface area contributed by atoms with E-state index in [2.05, 4.69) is 28.5 Å². The van der Waals surface area contributed by atoms with Crippen molar-refractivity contribution in [2.45, 2.75) is 6.42 Å². The molecule has 0 saturated carbocycles. The first kappa shape index (κ1) is 21.3. The normalized spacial score (nSPS) is 14.3. The molecule has 1 fully saturated rings. The van der Waals surface area contributed by atoms with Crippen molar-refractivity contribution < 1.29 is 14.3 Å². The highest BCUT2D eigenvalue weighted by Gasteiger charge is 2.24. The number of carbonyl (C=O) groups excluding carboxylic acids is 2. The average molecular weight is 465 g/mol. The zero-order valence-corrected chi connectivity index (χ0v) is 19.1. The third-order valence-corrected chi connectivity index (χ3v) is 6.62. The van der Waals surface area contributed by atoms with Crippen LogP contribution in [0.25, 0.3) is 16.8 Å². The molecule has 35 heavy (non-hydrogen) atoms. The summed E-state index contributed by atoms with van der Waals surface area (Å²) in [6.45, 7) is 2.15. The minimum atomic E-state index is -0.192. The van der Waals surface area contributed by atoms with E-state index in [1.165, 1.54) is 11.1 Å². The second kappa shape index (κ2) is 8.85. The predicted molar refractivity (Wildman–Crippen MR) is 133 cm³/mol. The smallest absolute Gasteiger partial charge is 0.255 e. The molecule has 1 saturated heterocycles. The van der Waals surface area contributed by atoms with Gasteiger partial charge in [-0.25, -0.2) is 4.98 Å². The summed E-state index contributed by atoms with van der Waals surface area (Å²) in [6, 6.07) is 19.5.